The number of aromatic nitrogens is 1. The number of carbonyl (C=O) groups is 2. The molecule has 1 rings (SSSR count). The van der Waals surface area contributed by atoms with Gasteiger partial charge in [0.2, 0.25) is 0 Å². The summed E-state index contributed by atoms with van der Waals surface area (Å²) in [5, 5.41) is 14.8. The molecule has 4 N–H and O–H groups in total. The number of nitrogens with zero attached hydrogens (tertiary/aromatic N) is 1. The monoisotopic (exact) mass is 256 g/mol. The van der Waals surface area contributed by atoms with Crippen LogP contribution in [0.1, 0.15) is 11.5 Å². The van der Waals surface area contributed by atoms with Gasteiger partial charge in [-0.3, -0.25) is 0 Å². The normalized spacial score (nSPS) is 10.4. The van der Waals surface area contributed by atoms with Crippen LogP contribution in [0, 0.1) is 0 Å². The maximum Gasteiger partial charge on any atom is 0.436 e. The molecular formula is C7H7F3N2O5. The van der Waals surface area contributed by atoms with Crippen LogP contribution >= 0.6 is 0 Å². The second-order valence-corrected chi connectivity index (χ2v) is 2.44. The molecule has 0 bridgehead atoms. The van der Waals surface area contributed by atoms with Crippen molar-refractivity contribution in [3.8, 4) is 0 Å². The lowest BCUT2D eigenvalue weighted by molar-refractivity contribution is -0.159. The van der Waals surface area contributed by atoms with Crippen molar-refractivity contribution in [3.63, 3.8) is 0 Å². The first kappa shape index (κ1) is 14.9. The Kier molecular flexibility index (Phi) is 5.12. The second-order valence-electron chi connectivity index (χ2n) is 2.44. The van der Waals surface area contributed by atoms with Gasteiger partial charge in [0.1, 0.15) is 5.76 Å². The number of halogens is 3. The van der Waals surface area contributed by atoms with E-state index in [-0.39, 0.29) is 12.3 Å². The zero-order chi connectivity index (χ0) is 13.6. The summed E-state index contributed by atoms with van der Waals surface area (Å²) < 4.78 is 40.1. The fraction of sp³-hybridized carbons (Fsp3) is 0.286. The quantitative estimate of drug-likeness (QED) is 0.617. The van der Waals surface area contributed by atoms with Gasteiger partial charge in [-0.05, 0) is 0 Å². The molecular weight excluding hydrogens is 249 g/mol. The number of hydrogen-bond donors (Lipinski definition) is 3. The molecule has 17 heavy (non-hydrogen) atoms. The lowest BCUT2D eigenvalue weighted by atomic mass is 10.3. The SMILES string of the molecule is NCc1ocnc1C(F)(F)F.O=C(O)C(=O)O. The number of carboxylic acid groups (broad SMARTS) is 2. The molecule has 1 aromatic rings. The predicted octanol–water partition coefficient (Wildman–Crippen LogP) is 0.308. The summed E-state index contributed by atoms with van der Waals surface area (Å²) in [4.78, 5) is 21.2. The number of oxazole rings is 1. The maximum atomic E-state index is 11.9. The van der Waals surface area contributed by atoms with E-state index >= 15 is 0 Å². The summed E-state index contributed by atoms with van der Waals surface area (Å²) in [5.74, 6) is -3.98. The lowest BCUT2D eigenvalue weighted by Crippen LogP contribution is -2.10. The average Bonchev–Trinajstić information content (AvgIpc) is 2.65. The van der Waals surface area contributed by atoms with Crippen LogP contribution in [0.5, 0.6) is 0 Å². The van der Waals surface area contributed by atoms with Crippen LogP contribution in [-0.2, 0) is 22.3 Å². The van der Waals surface area contributed by atoms with Gasteiger partial charge in [0.25, 0.3) is 0 Å². The van der Waals surface area contributed by atoms with Crippen molar-refractivity contribution in [2.45, 2.75) is 12.7 Å². The van der Waals surface area contributed by atoms with Gasteiger partial charge in [0.05, 0.1) is 6.54 Å². The average molecular weight is 256 g/mol. The van der Waals surface area contributed by atoms with Gasteiger partial charge >= 0.3 is 18.1 Å². The number of aliphatic carboxylic acids is 2. The molecule has 0 fully saturated rings. The highest BCUT2D eigenvalue weighted by molar-refractivity contribution is 6.27. The summed E-state index contributed by atoms with van der Waals surface area (Å²) in [6, 6.07) is 0. The van der Waals surface area contributed by atoms with E-state index in [2.05, 4.69) is 9.40 Å². The van der Waals surface area contributed by atoms with Crippen LogP contribution in [0.25, 0.3) is 0 Å². The molecule has 0 saturated carbocycles. The minimum Gasteiger partial charge on any atom is -0.473 e. The molecule has 0 atom stereocenters. The van der Waals surface area contributed by atoms with Crippen molar-refractivity contribution >= 4 is 11.9 Å². The predicted molar refractivity (Wildman–Crippen MR) is 44.7 cm³/mol. The van der Waals surface area contributed by atoms with Gasteiger partial charge in [-0.25, -0.2) is 14.6 Å². The Morgan fingerprint density at radius 3 is 2.06 bits per heavy atom. The van der Waals surface area contributed by atoms with E-state index in [4.69, 9.17) is 25.5 Å². The van der Waals surface area contributed by atoms with Crippen LogP contribution in [0.3, 0.4) is 0 Å². The summed E-state index contributed by atoms with van der Waals surface area (Å²) >= 11 is 0. The van der Waals surface area contributed by atoms with Crippen molar-refractivity contribution in [2.75, 3.05) is 0 Å². The summed E-state index contributed by atoms with van der Waals surface area (Å²) in [6.07, 6.45) is -3.74. The zero-order valence-electron chi connectivity index (χ0n) is 8.06. The largest absolute Gasteiger partial charge is 0.473 e. The number of nitrogens with two attached hydrogens (primary N) is 1. The van der Waals surface area contributed by atoms with Crippen LogP contribution in [0.4, 0.5) is 13.2 Å². The molecule has 0 aliphatic heterocycles. The summed E-state index contributed by atoms with van der Waals surface area (Å²) in [7, 11) is 0. The molecule has 0 aliphatic carbocycles. The highest BCUT2D eigenvalue weighted by atomic mass is 19.4. The lowest BCUT2D eigenvalue weighted by Gasteiger charge is -2.01. The smallest absolute Gasteiger partial charge is 0.436 e. The van der Waals surface area contributed by atoms with Gasteiger partial charge in [0.15, 0.2) is 12.1 Å². The zero-order valence-corrected chi connectivity index (χ0v) is 8.06. The molecule has 7 nitrogen and oxygen atoms in total. The van der Waals surface area contributed by atoms with Gasteiger partial charge < -0.3 is 20.4 Å². The third kappa shape index (κ3) is 4.97. The molecule has 96 valence electrons. The maximum absolute atomic E-state index is 11.9. The number of hydrogen-bond acceptors (Lipinski definition) is 5. The van der Waals surface area contributed by atoms with E-state index in [1.54, 1.807) is 0 Å². The Labute approximate surface area is 91.7 Å². The molecule has 1 aromatic heterocycles. The first-order valence-corrected chi connectivity index (χ1v) is 3.86. The van der Waals surface area contributed by atoms with E-state index in [0.29, 0.717) is 0 Å². The topological polar surface area (TPSA) is 127 Å². The van der Waals surface area contributed by atoms with Crippen molar-refractivity contribution in [1.29, 1.82) is 0 Å². The molecule has 10 heteroatoms. The van der Waals surface area contributed by atoms with Crippen molar-refractivity contribution in [2.24, 2.45) is 5.73 Å². The fourth-order valence-corrected chi connectivity index (χ4v) is 0.647. The molecule has 0 radical (unpaired) electrons. The molecule has 0 saturated heterocycles. The standard InChI is InChI=1S/C5H5F3N2O.C2H2O4/c6-5(7,8)4-3(1-9)11-2-10-4;3-1(4)2(5)6/h2H,1,9H2;(H,3,4)(H,5,6). The van der Waals surface area contributed by atoms with Gasteiger partial charge in [0, 0.05) is 0 Å². The van der Waals surface area contributed by atoms with Gasteiger partial charge in [-0.2, -0.15) is 13.2 Å². The summed E-state index contributed by atoms with van der Waals surface area (Å²) in [6.45, 7) is -0.297. The third-order valence-corrected chi connectivity index (χ3v) is 1.28. The van der Waals surface area contributed by atoms with E-state index < -0.39 is 23.8 Å². The number of carboxylic acids is 2. The molecule has 0 aromatic carbocycles. The Morgan fingerprint density at radius 1 is 1.35 bits per heavy atom. The Balaban J connectivity index is 0.000000366. The van der Waals surface area contributed by atoms with Crippen LogP contribution in [0.2, 0.25) is 0 Å². The number of rotatable bonds is 1. The minimum atomic E-state index is -4.47. The Hall–Kier alpha value is -2.10. The number of alkyl halides is 3. The van der Waals surface area contributed by atoms with Gasteiger partial charge in [-0.1, -0.05) is 0 Å². The Morgan fingerprint density at radius 2 is 1.82 bits per heavy atom. The molecule has 0 spiro atoms. The molecule has 0 unspecified atom stereocenters. The van der Waals surface area contributed by atoms with Crippen molar-refractivity contribution in [3.05, 3.63) is 17.8 Å². The van der Waals surface area contributed by atoms with E-state index in [9.17, 15) is 13.2 Å². The fourth-order valence-electron chi connectivity index (χ4n) is 0.647. The molecule has 0 aliphatic rings. The molecule has 1 heterocycles. The van der Waals surface area contributed by atoms with Crippen LogP contribution in [0.15, 0.2) is 10.8 Å². The third-order valence-electron chi connectivity index (χ3n) is 1.28. The first-order chi connectivity index (χ1) is 7.70. The van der Waals surface area contributed by atoms with E-state index in [1.807, 2.05) is 0 Å². The summed E-state index contributed by atoms with van der Waals surface area (Å²) in [5.41, 5.74) is 3.92. The second kappa shape index (κ2) is 5.84. The van der Waals surface area contributed by atoms with Crippen LogP contribution in [-0.4, -0.2) is 27.1 Å². The highest BCUT2D eigenvalue weighted by Crippen LogP contribution is 2.30. The van der Waals surface area contributed by atoms with Crippen molar-refractivity contribution in [1.82, 2.24) is 4.98 Å². The highest BCUT2D eigenvalue weighted by Gasteiger charge is 2.36. The van der Waals surface area contributed by atoms with Crippen LogP contribution < -0.4 is 5.73 Å². The Bertz CT molecular complexity index is 388. The van der Waals surface area contributed by atoms with Crippen molar-refractivity contribution < 1.29 is 37.4 Å². The van der Waals surface area contributed by atoms with E-state index in [0.717, 1.165) is 6.39 Å². The molecule has 0 amide bonds. The van der Waals surface area contributed by atoms with Gasteiger partial charge in [-0.15, -0.1) is 0 Å². The minimum absolute atomic E-state index is 0.297. The first-order valence-electron chi connectivity index (χ1n) is 3.86. The van der Waals surface area contributed by atoms with E-state index in [1.165, 1.54) is 0 Å².